The number of halogens is 3. The average Bonchev–Trinajstić information content (AvgIpc) is 2.73. The van der Waals surface area contributed by atoms with Gasteiger partial charge in [0.25, 0.3) is 0 Å². The molecule has 0 atom stereocenters. The number of ether oxygens (including phenoxy) is 1. The molecule has 1 aromatic heterocycles. The van der Waals surface area contributed by atoms with Gasteiger partial charge in [-0.15, -0.1) is 0 Å². The van der Waals surface area contributed by atoms with E-state index in [0.29, 0.717) is 12.8 Å². The van der Waals surface area contributed by atoms with Crippen LogP contribution in [-0.2, 0) is 15.7 Å². The highest BCUT2D eigenvalue weighted by Gasteiger charge is 2.38. The van der Waals surface area contributed by atoms with E-state index in [0.717, 1.165) is 18.5 Å². The summed E-state index contributed by atoms with van der Waals surface area (Å²) in [6.07, 6.45) is -2.89. The molecule has 1 aromatic carbocycles. The van der Waals surface area contributed by atoms with Crippen molar-refractivity contribution in [3.63, 3.8) is 0 Å². The first kappa shape index (κ1) is 21.5. The molecule has 11 heteroatoms. The van der Waals surface area contributed by atoms with Gasteiger partial charge in [0.2, 0.25) is 5.82 Å². The van der Waals surface area contributed by atoms with Gasteiger partial charge in [0, 0.05) is 18.7 Å². The number of anilines is 1. The van der Waals surface area contributed by atoms with Crippen molar-refractivity contribution in [3.8, 4) is 11.3 Å². The number of carbonyl (C=O) groups is 1. The predicted octanol–water partition coefficient (Wildman–Crippen LogP) is 3.85. The van der Waals surface area contributed by atoms with E-state index in [2.05, 4.69) is 9.97 Å². The minimum Gasteiger partial charge on any atom is -0.466 e. The van der Waals surface area contributed by atoms with Crippen LogP contribution in [-0.4, -0.2) is 40.6 Å². The molecule has 30 heavy (non-hydrogen) atoms. The van der Waals surface area contributed by atoms with Gasteiger partial charge in [-0.2, -0.15) is 13.2 Å². The van der Waals surface area contributed by atoms with Crippen molar-refractivity contribution >= 4 is 17.5 Å². The highest BCUT2D eigenvalue weighted by Crippen LogP contribution is 2.42. The Hall–Kier alpha value is -3.24. The number of piperidine rings is 1. The lowest BCUT2D eigenvalue weighted by atomic mass is 9.96. The number of alkyl halides is 3. The molecule has 0 spiro atoms. The molecule has 0 unspecified atom stereocenters. The summed E-state index contributed by atoms with van der Waals surface area (Å²) < 4.78 is 45.3. The second-order valence-corrected chi connectivity index (χ2v) is 6.71. The van der Waals surface area contributed by atoms with E-state index in [9.17, 15) is 28.1 Å². The maximum atomic E-state index is 13.4. The summed E-state index contributed by atoms with van der Waals surface area (Å²) in [7, 11) is 0. The number of carbonyl (C=O) groups excluding carboxylic acids is 1. The van der Waals surface area contributed by atoms with Gasteiger partial charge >= 0.3 is 17.8 Å². The lowest BCUT2D eigenvalue weighted by Gasteiger charge is -2.31. The number of nitro groups is 1. The highest BCUT2D eigenvalue weighted by molar-refractivity contribution is 5.79. The lowest BCUT2D eigenvalue weighted by molar-refractivity contribution is -0.383. The molecule has 1 saturated heterocycles. The first-order valence-electron chi connectivity index (χ1n) is 9.31. The normalized spacial score (nSPS) is 15.1. The van der Waals surface area contributed by atoms with Crippen molar-refractivity contribution < 1.29 is 27.6 Å². The number of aromatic nitrogens is 2. The van der Waals surface area contributed by atoms with E-state index in [1.165, 1.54) is 12.1 Å². The number of hydrogen-bond donors (Lipinski definition) is 0. The molecule has 3 rings (SSSR count). The average molecular weight is 424 g/mol. The second kappa shape index (κ2) is 8.64. The van der Waals surface area contributed by atoms with Crippen LogP contribution in [0.1, 0.15) is 25.3 Å². The van der Waals surface area contributed by atoms with Gasteiger partial charge < -0.3 is 9.64 Å². The summed E-state index contributed by atoms with van der Waals surface area (Å²) >= 11 is 0. The van der Waals surface area contributed by atoms with E-state index in [-0.39, 0.29) is 43.0 Å². The first-order chi connectivity index (χ1) is 14.2. The van der Waals surface area contributed by atoms with Gasteiger partial charge in [-0.05, 0) is 25.8 Å². The van der Waals surface area contributed by atoms with Gasteiger partial charge in [-0.3, -0.25) is 14.9 Å². The summed E-state index contributed by atoms with van der Waals surface area (Å²) in [4.78, 5) is 32.3. The number of hydrogen-bond acceptors (Lipinski definition) is 7. The third-order valence-corrected chi connectivity index (χ3v) is 4.89. The number of esters is 1. The molecule has 2 heterocycles. The smallest absolute Gasteiger partial charge is 0.417 e. The molecule has 1 fully saturated rings. The van der Waals surface area contributed by atoms with Crippen molar-refractivity contribution in [2.75, 3.05) is 24.6 Å². The van der Waals surface area contributed by atoms with Crippen LogP contribution in [0.4, 0.5) is 24.7 Å². The monoisotopic (exact) mass is 424 g/mol. The lowest BCUT2D eigenvalue weighted by Crippen LogP contribution is -2.37. The zero-order chi connectivity index (χ0) is 21.9. The minimum absolute atomic E-state index is 0.0655. The molecule has 0 amide bonds. The topological polar surface area (TPSA) is 98.5 Å². The molecule has 0 saturated carbocycles. The fraction of sp³-hybridized carbons (Fsp3) is 0.421. The largest absolute Gasteiger partial charge is 0.466 e. The maximum absolute atomic E-state index is 13.4. The fourth-order valence-electron chi connectivity index (χ4n) is 3.49. The van der Waals surface area contributed by atoms with Crippen LogP contribution in [0.25, 0.3) is 11.3 Å². The van der Waals surface area contributed by atoms with Crippen LogP contribution < -0.4 is 4.90 Å². The number of benzene rings is 1. The molecule has 1 aliphatic rings. The van der Waals surface area contributed by atoms with Crippen LogP contribution in [0.15, 0.2) is 30.6 Å². The van der Waals surface area contributed by atoms with Crippen LogP contribution in [0.3, 0.4) is 0 Å². The van der Waals surface area contributed by atoms with E-state index in [1.54, 1.807) is 11.8 Å². The van der Waals surface area contributed by atoms with E-state index in [1.807, 2.05) is 0 Å². The van der Waals surface area contributed by atoms with Crippen LogP contribution in [0, 0.1) is 16.0 Å². The van der Waals surface area contributed by atoms with Crippen LogP contribution in [0.2, 0.25) is 0 Å². The van der Waals surface area contributed by atoms with E-state index in [4.69, 9.17) is 4.74 Å². The second-order valence-electron chi connectivity index (χ2n) is 6.71. The van der Waals surface area contributed by atoms with Gasteiger partial charge in [-0.25, -0.2) is 9.97 Å². The third kappa shape index (κ3) is 4.34. The molecular weight excluding hydrogens is 405 g/mol. The fourth-order valence-corrected chi connectivity index (χ4v) is 3.49. The third-order valence-electron chi connectivity index (χ3n) is 4.89. The van der Waals surface area contributed by atoms with Gasteiger partial charge in [-0.1, -0.05) is 18.2 Å². The zero-order valence-electron chi connectivity index (χ0n) is 16.1. The van der Waals surface area contributed by atoms with E-state index < -0.39 is 28.0 Å². The Labute approximate surface area is 169 Å². The van der Waals surface area contributed by atoms with Gasteiger partial charge in [0.15, 0.2) is 5.69 Å². The summed E-state index contributed by atoms with van der Waals surface area (Å²) in [5.74, 6) is -0.717. The summed E-state index contributed by atoms with van der Waals surface area (Å²) in [5, 5.41) is 11.8. The van der Waals surface area contributed by atoms with Crippen molar-refractivity contribution in [2.24, 2.45) is 5.92 Å². The number of nitrogens with zero attached hydrogens (tertiary/aromatic N) is 4. The minimum atomic E-state index is -4.70. The van der Waals surface area contributed by atoms with Crippen molar-refractivity contribution in [3.05, 3.63) is 46.3 Å². The molecule has 0 N–H and O–H groups in total. The maximum Gasteiger partial charge on any atom is 0.417 e. The Morgan fingerprint density at radius 2 is 1.93 bits per heavy atom. The first-order valence-corrected chi connectivity index (χ1v) is 9.31. The zero-order valence-corrected chi connectivity index (χ0v) is 16.1. The van der Waals surface area contributed by atoms with Crippen molar-refractivity contribution in [2.45, 2.75) is 25.9 Å². The molecule has 0 radical (unpaired) electrons. The predicted molar refractivity (Wildman–Crippen MR) is 101 cm³/mol. The standard InChI is InChI=1S/C19H19F3N4O4/c1-2-30-18(27)12-7-9-25(10-8-12)17-16(26(28)29)15(23-11-24-17)13-5-3-4-6-14(13)19(20,21)22/h3-6,11-12H,2,7-10H2,1H3. The SMILES string of the molecule is CCOC(=O)C1CCN(c2ncnc(-c3ccccc3C(F)(F)F)c2[N+](=O)[O-])CC1. The molecule has 0 bridgehead atoms. The highest BCUT2D eigenvalue weighted by atomic mass is 19.4. The Bertz CT molecular complexity index is 944. The Morgan fingerprint density at radius 1 is 1.27 bits per heavy atom. The molecular formula is C19H19F3N4O4. The molecule has 2 aromatic rings. The summed E-state index contributed by atoms with van der Waals surface area (Å²) in [6.45, 7) is 2.53. The molecule has 160 valence electrons. The van der Waals surface area contributed by atoms with Crippen LogP contribution >= 0.6 is 0 Å². The van der Waals surface area contributed by atoms with E-state index >= 15 is 0 Å². The molecule has 8 nitrogen and oxygen atoms in total. The Kier molecular flexibility index (Phi) is 6.18. The van der Waals surface area contributed by atoms with Gasteiger partial charge in [0.1, 0.15) is 6.33 Å². The van der Waals surface area contributed by atoms with Crippen molar-refractivity contribution in [1.29, 1.82) is 0 Å². The quantitative estimate of drug-likeness (QED) is 0.408. The Balaban J connectivity index is 1.99. The summed E-state index contributed by atoms with van der Waals surface area (Å²) in [5.41, 5.74) is -2.39. The van der Waals surface area contributed by atoms with Crippen LogP contribution in [0.5, 0.6) is 0 Å². The summed E-state index contributed by atoms with van der Waals surface area (Å²) in [6, 6.07) is 4.57. The van der Waals surface area contributed by atoms with Gasteiger partial charge in [0.05, 0.1) is 23.0 Å². The molecule has 0 aliphatic carbocycles. The molecule has 1 aliphatic heterocycles. The Morgan fingerprint density at radius 3 is 2.53 bits per heavy atom. The van der Waals surface area contributed by atoms with Crippen molar-refractivity contribution in [1.82, 2.24) is 9.97 Å². The number of rotatable bonds is 5.